The average molecular weight is 154 g/mol. The van der Waals surface area contributed by atoms with Crippen LogP contribution in [0.4, 0.5) is 0 Å². The van der Waals surface area contributed by atoms with Crippen molar-refractivity contribution in [2.45, 2.75) is 25.3 Å². The van der Waals surface area contributed by atoms with Gasteiger partial charge in [-0.2, -0.15) is 0 Å². The van der Waals surface area contributed by atoms with E-state index in [2.05, 4.69) is 10.6 Å². The van der Waals surface area contributed by atoms with E-state index in [1.54, 1.807) is 0 Å². The van der Waals surface area contributed by atoms with Gasteiger partial charge < -0.3 is 10.6 Å². The zero-order chi connectivity index (χ0) is 7.68. The Balaban J connectivity index is 1.65. The molecule has 0 aromatic carbocycles. The highest BCUT2D eigenvalue weighted by Crippen LogP contribution is 2.19. The summed E-state index contributed by atoms with van der Waals surface area (Å²) in [4.78, 5) is 10.8. The van der Waals surface area contributed by atoms with Gasteiger partial charge in [-0.15, -0.1) is 0 Å². The summed E-state index contributed by atoms with van der Waals surface area (Å²) in [6.45, 7) is 1.89. The lowest BCUT2D eigenvalue weighted by molar-refractivity contribution is -0.119. The molecule has 1 atom stereocenters. The van der Waals surface area contributed by atoms with Crippen molar-refractivity contribution in [3.63, 3.8) is 0 Å². The molecule has 0 aromatic heterocycles. The molecule has 2 fully saturated rings. The predicted molar refractivity (Wildman–Crippen MR) is 42.1 cm³/mol. The minimum Gasteiger partial charge on any atom is -0.356 e. The SMILES string of the molecule is O=C1C[C@@H](CNC2CC2)CN1. The van der Waals surface area contributed by atoms with Crippen molar-refractivity contribution in [2.75, 3.05) is 13.1 Å². The highest BCUT2D eigenvalue weighted by Gasteiger charge is 2.25. The zero-order valence-corrected chi connectivity index (χ0v) is 6.60. The number of carbonyl (C=O) groups excluding carboxylic acids is 1. The van der Waals surface area contributed by atoms with Crippen LogP contribution in [0.25, 0.3) is 0 Å². The van der Waals surface area contributed by atoms with Crippen LogP contribution in [0.2, 0.25) is 0 Å². The summed E-state index contributed by atoms with van der Waals surface area (Å²) in [6, 6.07) is 0.769. The van der Waals surface area contributed by atoms with E-state index in [-0.39, 0.29) is 5.91 Å². The van der Waals surface area contributed by atoms with Gasteiger partial charge in [0.2, 0.25) is 5.91 Å². The Morgan fingerprint density at radius 2 is 2.36 bits per heavy atom. The molecule has 0 unspecified atom stereocenters. The molecule has 1 saturated heterocycles. The van der Waals surface area contributed by atoms with Gasteiger partial charge in [-0.1, -0.05) is 0 Å². The number of carbonyl (C=O) groups is 1. The van der Waals surface area contributed by atoms with Crippen molar-refractivity contribution in [1.29, 1.82) is 0 Å². The minimum absolute atomic E-state index is 0.215. The maximum absolute atomic E-state index is 10.8. The normalized spacial score (nSPS) is 30.5. The molecule has 0 spiro atoms. The Morgan fingerprint density at radius 3 is 2.91 bits per heavy atom. The first kappa shape index (κ1) is 7.10. The van der Waals surface area contributed by atoms with E-state index < -0.39 is 0 Å². The molecule has 11 heavy (non-hydrogen) atoms. The molecule has 0 bridgehead atoms. The number of amides is 1. The van der Waals surface area contributed by atoms with Crippen LogP contribution in [0.3, 0.4) is 0 Å². The molecule has 62 valence electrons. The maximum Gasteiger partial charge on any atom is 0.220 e. The van der Waals surface area contributed by atoms with Crippen LogP contribution in [-0.2, 0) is 4.79 Å². The molecule has 2 rings (SSSR count). The summed E-state index contributed by atoms with van der Waals surface area (Å²) < 4.78 is 0. The van der Waals surface area contributed by atoms with Crippen molar-refractivity contribution in [3.05, 3.63) is 0 Å². The topological polar surface area (TPSA) is 41.1 Å². The van der Waals surface area contributed by atoms with Crippen molar-refractivity contribution >= 4 is 5.91 Å². The number of hydrogen-bond donors (Lipinski definition) is 2. The molecule has 0 radical (unpaired) electrons. The van der Waals surface area contributed by atoms with Crippen molar-refractivity contribution < 1.29 is 4.79 Å². The number of hydrogen-bond acceptors (Lipinski definition) is 2. The number of rotatable bonds is 3. The summed E-state index contributed by atoms with van der Waals surface area (Å²) in [5, 5.41) is 6.26. The molecule has 1 saturated carbocycles. The first-order chi connectivity index (χ1) is 5.34. The summed E-state index contributed by atoms with van der Waals surface area (Å²) in [5.74, 6) is 0.760. The smallest absolute Gasteiger partial charge is 0.220 e. The van der Waals surface area contributed by atoms with Crippen LogP contribution >= 0.6 is 0 Å². The Morgan fingerprint density at radius 1 is 1.55 bits per heavy atom. The van der Waals surface area contributed by atoms with Gasteiger partial charge in [0.25, 0.3) is 0 Å². The van der Waals surface area contributed by atoms with Crippen LogP contribution in [0.1, 0.15) is 19.3 Å². The van der Waals surface area contributed by atoms with Crippen LogP contribution in [0, 0.1) is 5.92 Å². The monoisotopic (exact) mass is 154 g/mol. The van der Waals surface area contributed by atoms with E-state index in [0.29, 0.717) is 5.92 Å². The van der Waals surface area contributed by atoms with E-state index in [0.717, 1.165) is 25.6 Å². The van der Waals surface area contributed by atoms with Gasteiger partial charge >= 0.3 is 0 Å². The Kier molecular flexibility index (Phi) is 1.82. The lowest BCUT2D eigenvalue weighted by atomic mass is 10.1. The summed E-state index contributed by atoms with van der Waals surface area (Å²) >= 11 is 0. The fourth-order valence-electron chi connectivity index (χ4n) is 1.43. The van der Waals surface area contributed by atoms with Crippen molar-refractivity contribution in [3.8, 4) is 0 Å². The van der Waals surface area contributed by atoms with Crippen LogP contribution in [0.5, 0.6) is 0 Å². The second-order valence-corrected chi connectivity index (χ2v) is 3.56. The second-order valence-electron chi connectivity index (χ2n) is 3.56. The third-order valence-corrected chi connectivity index (χ3v) is 2.33. The van der Waals surface area contributed by atoms with E-state index in [1.807, 2.05) is 0 Å². The van der Waals surface area contributed by atoms with Crippen LogP contribution in [0.15, 0.2) is 0 Å². The van der Waals surface area contributed by atoms with Gasteiger partial charge in [0, 0.05) is 25.6 Å². The van der Waals surface area contributed by atoms with Gasteiger partial charge in [0.1, 0.15) is 0 Å². The predicted octanol–water partition coefficient (Wildman–Crippen LogP) is -0.126. The first-order valence-corrected chi connectivity index (χ1v) is 4.34. The molecular weight excluding hydrogens is 140 g/mol. The zero-order valence-electron chi connectivity index (χ0n) is 6.60. The average Bonchev–Trinajstić information content (AvgIpc) is 2.72. The largest absolute Gasteiger partial charge is 0.356 e. The third kappa shape index (κ3) is 1.93. The second kappa shape index (κ2) is 2.81. The lowest BCUT2D eigenvalue weighted by Gasteiger charge is -2.06. The highest BCUT2D eigenvalue weighted by atomic mass is 16.1. The Bertz CT molecular complexity index is 165. The number of nitrogens with one attached hydrogen (secondary N) is 2. The lowest BCUT2D eigenvalue weighted by Crippen LogP contribution is -2.25. The van der Waals surface area contributed by atoms with Crippen molar-refractivity contribution in [2.24, 2.45) is 5.92 Å². The van der Waals surface area contributed by atoms with Gasteiger partial charge in [-0.3, -0.25) is 4.79 Å². The molecule has 1 heterocycles. The summed E-state index contributed by atoms with van der Waals surface area (Å²) in [6.07, 6.45) is 3.38. The quantitative estimate of drug-likeness (QED) is 0.594. The van der Waals surface area contributed by atoms with Gasteiger partial charge in [-0.05, 0) is 18.8 Å². The molecule has 2 N–H and O–H groups in total. The Hall–Kier alpha value is -0.570. The standard InChI is InChI=1S/C8H14N2O/c11-8-3-6(5-10-8)4-9-7-1-2-7/h6-7,9H,1-5H2,(H,10,11)/t6-/m0/s1. The van der Waals surface area contributed by atoms with E-state index in [4.69, 9.17) is 0 Å². The minimum atomic E-state index is 0.215. The fraction of sp³-hybridized carbons (Fsp3) is 0.875. The van der Waals surface area contributed by atoms with Crippen molar-refractivity contribution in [1.82, 2.24) is 10.6 Å². The van der Waals surface area contributed by atoms with Crippen LogP contribution in [-0.4, -0.2) is 25.0 Å². The molecule has 3 heteroatoms. The fourth-order valence-corrected chi connectivity index (χ4v) is 1.43. The van der Waals surface area contributed by atoms with E-state index in [1.165, 1.54) is 12.8 Å². The van der Waals surface area contributed by atoms with E-state index >= 15 is 0 Å². The molecule has 2 aliphatic rings. The summed E-state index contributed by atoms with van der Waals surface area (Å²) in [7, 11) is 0. The Labute approximate surface area is 66.5 Å². The maximum atomic E-state index is 10.8. The molecule has 1 amide bonds. The van der Waals surface area contributed by atoms with Gasteiger partial charge in [-0.25, -0.2) is 0 Å². The van der Waals surface area contributed by atoms with Crippen LogP contribution < -0.4 is 10.6 Å². The molecule has 1 aliphatic carbocycles. The molecule has 1 aliphatic heterocycles. The van der Waals surface area contributed by atoms with E-state index in [9.17, 15) is 4.79 Å². The van der Waals surface area contributed by atoms with Gasteiger partial charge in [0.15, 0.2) is 0 Å². The summed E-state index contributed by atoms with van der Waals surface area (Å²) in [5.41, 5.74) is 0. The molecule has 0 aromatic rings. The highest BCUT2D eigenvalue weighted by molar-refractivity contribution is 5.78. The molecular formula is C8H14N2O. The van der Waals surface area contributed by atoms with Gasteiger partial charge in [0.05, 0.1) is 0 Å². The first-order valence-electron chi connectivity index (χ1n) is 4.34. The third-order valence-electron chi connectivity index (χ3n) is 2.33. The molecule has 3 nitrogen and oxygen atoms in total.